The third kappa shape index (κ3) is 5.95. The maximum Gasteiger partial charge on any atom is 0.328 e. The van der Waals surface area contributed by atoms with Gasteiger partial charge in [-0.05, 0) is 30.5 Å². The van der Waals surface area contributed by atoms with E-state index in [1.165, 1.54) is 37.7 Å². The van der Waals surface area contributed by atoms with Crippen molar-refractivity contribution in [3.63, 3.8) is 0 Å². The monoisotopic (exact) mass is 235 g/mol. The van der Waals surface area contributed by atoms with Crippen LogP contribution in [0.5, 0.6) is 0 Å². The first-order valence-corrected chi connectivity index (χ1v) is 6.30. The number of aromatic amines is 1. The summed E-state index contributed by atoms with van der Waals surface area (Å²) in [5.41, 5.74) is 2.11. The summed E-state index contributed by atoms with van der Waals surface area (Å²) in [4.78, 5) is 13.4. The predicted octanol–water partition coefficient (Wildman–Crippen LogP) is 3.63. The van der Waals surface area contributed by atoms with Gasteiger partial charge in [-0.15, -0.1) is 0 Å². The van der Waals surface area contributed by atoms with Crippen LogP contribution in [0.1, 0.15) is 50.3 Å². The minimum absolute atomic E-state index is 0.857. The molecular weight excluding hydrogens is 214 g/mol. The number of nitrogens with one attached hydrogen (secondary N) is 1. The molecule has 0 aliphatic rings. The van der Waals surface area contributed by atoms with Gasteiger partial charge in [-0.2, -0.15) is 0 Å². The molecule has 3 heteroatoms. The molecule has 0 spiro atoms. The van der Waals surface area contributed by atoms with Crippen molar-refractivity contribution in [2.45, 2.75) is 45.4 Å². The maximum absolute atomic E-state index is 10.4. The van der Waals surface area contributed by atoms with Gasteiger partial charge in [0.15, 0.2) is 0 Å². The van der Waals surface area contributed by atoms with Crippen molar-refractivity contribution in [1.29, 1.82) is 0 Å². The molecule has 0 unspecified atom stereocenters. The second-order valence-electron chi connectivity index (χ2n) is 4.30. The van der Waals surface area contributed by atoms with Crippen LogP contribution in [0.15, 0.2) is 18.3 Å². The lowest BCUT2D eigenvalue weighted by atomic mass is 10.1. The van der Waals surface area contributed by atoms with Gasteiger partial charge in [-0.25, -0.2) is 4.79 Å². The molecular formula is C14H21NO2. The lowest BCUT2D eigenvalue weighted by Gasteiger charge is -1.97. The number of rotatable bonds is 8. The number of unbranched alkanes of at least 4 members (excludes halogenated alkanes) is 4. The molecule has 1 aromatic rings. The van der Waals surface area contributed by atoms with E-state index in [4.69, 9.17) is 5.11 Å². The fourth-order valence-electron chi connectivity index (χ4n) is 1.79. The molecule has 1 aromatic heterocycles. The Kier molecular flexibility index (Phi) is 6.15. The van der Waals surface area contributed by atoms with Crippen LogP contribution in [0.3, 0.4) is 0 Å². The average molecular weight is 235 g/mol. The SMILES string of the molecule is CCCCCCCc1c[nH]c(/C=C/C(=O)O)c1. The van der Waals surface area contributed by atoms with Crippen LogP contribution in [0.2, 0.25) is 0 Å². The minimum Gasteiger partial charge on any atom is -0.478 e. The zero-order chi connectivity index (χ0) is 12.5. The Morgan fingerprint density at radius 1 is 1.35 bits per heavy atom. The normalized spacial score (nSPS) is 11.1. The number of aliphatic carboxylic acids is 1. The second kappa shape index (κ2) is 7.71. The van der Waals surface area contributed by atoms with Crippen LogP contribution in [0, 0.1) is 0 Å². The van der Waals surface area contributed by atoms with Gasteiger partial charge in [0, 0.05) is 18.0 Å². The van der Waals surface area contributed by atoms with Crippen molar-refractivity contribution in [2.24, 2.45) is 0 Å². The largest absolute Gasteiger partial charge is 0.478 e. The van der Waals surface area contributed by atoms with E-state index in [0.29, 0.717) is 0 Å². The Bertz CT molecular complexity index is 366. The third-order valence-electron chi connectivity index (χ3n) is 2.74. The summed E-state index contributed by atoms with van der Waals surface area (Å²) in [6.07, 6.45) is 12.2. The van der Waals surface area contributed by atoms with Crippen molar-refractivity contribution < 1.29 is 9.90 Å². The first-order chi connectivity index (χ1) is 8.22. The van der Waals surface area contributed by atoms with E-state index in [9.17, 15) is 4.79 Å². The molecule has 0 aromatic carbocycles. The summed E-state index contributed by atoms with van der Waals surface area (Å²) in [5.74, 6) is -0.916. The highest BCUT2D eigenvalue weighted by Gasteiger charge is 1.97. The summed E-state index contributed by atoms with van der Waals surface area (Å²) in [6, 6.07) is 2.01. The van der Waals surface area contributed by atoms with Gasteiger partial charge in [0.2, 0.25) is 0 Å². The molecule has 0 aliphatic heterocycles. The highest BCUT2D eigenvalue weighted by atomic mass is 16.4. The molecule has 2 N–H and O–H groups in total. The molecule has 1 rings (SSSR count). The van der Waals surface area contributed by atoms with Gasteiger partial charge in [0.05, 0.1) is 0 Å². The first kappa shape index (κ1) is 13.6. The lowest BCUT2D eigenvalue weighted by molar-refractivity contribution is -0.131. The van der Waals surface area contributed by atoms with Gasteiger partial charge < -0.3 is 10.1 Å². The minimum atomic E-state index is -0.916. The van der Waals surface area contributed by atoms with Crippen molar-refractivity contribution in [1.82, 2.24) is 4.98 Å². The van der Waals surface area contributed by atoms with Gasteiger partial charge in [0.1, 0.15) is 0 Å². The predicted molar refractivity (Wildman–Crippen MR) is 69.9 cm³/mol. The lowest BCUT2D eigenvalue weighted by Crippen LogP contribution is -1.85. The Labute approximate surface area is 103 Å². The van der Waals surface area contributed by atoms with E-state index < -0.39 is 5.97 Å². The van der Waals surface area contributed by atoms with Crippen LogP contribution >= 0.6 is 0 Å². The molecule has 1 heterocycles. The molecule has 0 bridgehead atoms. The molecule has 0 amide bonds. The number of hydrogen-bond acceptors (Lipinski definition) is 1. The number of aryl methyl sites for hydroxylation is 1. The highest BCUT2D eigenvalue weighted by Crippen LogP contribution is 2.11. The van der Waals surface area contributed by atoms with E-state index in [-0.39, 0.29) is 0 Å². The van der Waals surface area contributed by atoms with Crippen molar-refractivity contribution in [3.8, 4) is 0 Å². The molecule has 0 radical (unpaired) electrons. The molecule has 0 atom stereocenters. The molecule has 0 saturated heterocycles. The molecule has 0 saturated carbocycles. The third-order valence-corrected chi connectivity index (χ3v) is 2.74. The summed E-state index contributed by atoms with van der Waals surface area (Å²) >= 11 is 0. The van der Waals surface area contributed by atoms with Crippen LogP contribution < -0.4 is 0 Å². The van der Waals surface area contributed by atoms with E-state index in [1.54, 1.807) is 6.08 Å². The topological polar surface area (TPSA) is 53.1 Å². The smallest absolute Gasteiger partial charge is 0.328 e. The number of carboxylic acids is 1. The Morgan fingerprint density at radius 3 is 2.82 bits per heavy atom. The number of carboxylic acid groups (broad SMARTS) is 1. The van der Waals surface area contributed by atoms with Gasteiger partial charge in [-0.3, -0.25) is 0 Å². The van der Waals surface area contributed by atoms with Crippen LogP contribution in [-0.4, -0.2) is 16.1 Å². The summed E-state index contributed by atoms with van der Waals surface area (Å²) in [6.45, 7) is 2.22. The van der Waals surface area contributed by atoms with E-state index in [1.807, 2.05) is 12.3 Å². The molecule has 3 nitrogen and oxygen atoms in total. The quantitative estimate of drug-likeness (QED) is 0.534. The molecule has 0 fully saturated rings. The molecule has 0 aliphatic carbocycles. The fraction of sp³-hybridized carbons (Fsp3) is 0.500. The molecule has 94 valence electrons. The Balaban J connectivity index is 2.28. The maximum atomic E-state index is 10.4. The Morgan fingerprint density at radius 2 is 2.12 bits per heavy atom. The van der Waals surface area contributed by atoms with Gasteiger partial charge in [-0.1, -0.05) is 32.6 Å². The van der Waals surface area contributed by atoms with E-state index in [0.717, 1.165) is 18.2 Å². The zero-order valence-corrected chi connectivity index (χ0v) is 10.4. The molecule has 17 heavy (non-hydrogen) atoms. The summed E-state index contributed by atoms with van der Waals surface area (Å²) in [7, 11) is 0. The van der Waals surface area contributed by atoms with E-state index >= 15 is 0 Å². The number of carbonyl (C=O) groups is 1. The average Bonchev–Trinajstić information content (AvgIpc) is 2.74. The van der Waals surface area contributed by atoms with Crippen LogP contribution in [-0.2, 0) is 11.2 Å². The first-order valence-electron chi connectivity index (χ1n) is 6.30. The van der Waals surface area contributed by atoms with Crippen LogP contribution in [0.25, 0.3) is 6.08 Å². The fourth-order valence-corrected chi connectivity index (χ4v) is 1.79. The second-order valence-corrected chi connectivity index (χ2v) is 4.30. The number of aromatic nitrogens is 1. The van der Waals surface area contributed by atoms with Crippen molar-refractivity contribution in [3.05, 3.63) is 29.6 Å². The van der Waals surface area contributed by atoms with Crippen LogP contribution in [0.4, 0.5) is 0 Å². The number of hydrogen-bond donors (Lipinski definition) is 2. The van der Waals surface area contributed by atoms with Gasteiger partial charge >= 0.3 is 5.97 Å². The standard InChI is InChI=1S/C14H21NO2/c1-2-3-4-5-6-7-12-10-13(15-11-12)8-9-14(16)17/h8-11,15H,2-7H2,1H3,(H,16,17)/b9-8+. The summed E-state index contributed by atoms with van der Waals surface area (Å²) < 4.78 is 0. The summed E-state index contributed by atoms with van der Waals surface area (Å²) in [5, 5.41) is 8.50. The zero-order valence-electron chi connectivity index (χ0n) is 10.4. The number of H-pyrrole nitrogens is 1. The van der Waals surface area contributed by atoms with Gasteiger partial charge in [0.25, 0.3) is 0 Å². The van der Waals surface area contributed by atoms with E-state index in [2.05, 4.69) is 11.9 Å². The van der Waals surface area contributed by atoms with Crippen molar-refractivity contribution >= 4 is 12.0 Å². The Hall–Kier alpha value is -1.51. The van der Waals surface area contributed by atoms with Crippen molar-refractivity contribution in [2.75, 3.05) is 0 Å². The highest BCUT2D eigenvalue weighted by molar-refractivity contribution is 5.84.